The topological polar surface area (TPSA) is 107 Å². The fourth-order valence-electron chi connectivity index (χ4n) is 2.83. The average molecular weight is 455 g/mol. The van der Waals surface area contributed by atoms with Crippen molar-refractivity contribution in [1.29, 1.82) is 0 Å². The van der Waals surface area contributed by atoms with Crippen LogP contribution in [0.1, 0.15) is 20.3 Å². The number of nitrogens with zero attached hydrogens (tertiary/aromatic N) is 2. The van der Waals surface area contributed by atoms with Gasteiger partial charge in [0, 0.05) is 12.6 Å². The molecule has 1 heterocycles. The number of primary sulfonamides is 1. The first-order chi connectivity index (χ1) is 14.1. The molecule has 0 fully saturated rings. The van der Waals surface area contributed by atoms with Crippen molar-refractivity contribution in [2.75, 3.05) is 5.32 Å². The summed E-state index contributed by atoms with van der Waals surface area (Å²) in [4.78, 5) is 16.9. The van der Waals surface area contributed by atoms with Gasteiger partial charge in [0.05, 0.1) is 26.9 Å². The molecule has 0 bridgehead atoms. The fraction of sp³-hybridized carbons (Fsp3) is 0.263. The quantitative estimate of drug-likeness (QED) is 0.532. The van der Waals surface area contributed by atoms with E-state index in [1.807, 2.05) is 11.5 Å². The Balaban J connectivity index is 1.87. The predicted octanol–water partition coefficient (Wildman–Crippen LogP) is 3.49. The highest BCUT2D eigenvalue weighted by atomic mass is 32.2. The molecular formula is C19H20F2N4O3S2. The smallest absolute Gasteiger partial charge is 0.238 e. The number of aryl methyl sites for hydroxylation is 1. The molecule has 30 heavy (non-hydrogen) atoms. The molecule has 0 aliphatic carbocycles. The number of hydrogen-bond acceptors (Lipinski definition) is 5. The molecule has 2 aromatic carbocycles. The number of fused-ring (bicyclic) bond motifs is 1. The zero-order valence-electron chi connectivity index (χ0n) is 16.2. The summed E-state index contributed by atoms with van der Waals surface area (Å²) >= 11 is 1.15. The normalized spacial score (nSPS) is 12.8. The Morgan fingerprint density at radius 3 is 2.63 bits per heavy atom. The van der Waals surface area contributed by atoms with Crippen molar-refractivity contribution in [3.8, 4) is 0 Å². The van der Waals surface area contributed by atoms with Crippen LogP contribution in [0, 0.1) is 11.6 Å². The van der Waals surface area contributed by atoms with Gasteiger partial charge >= 0.3 is 0 Å². The van der Waals surface area contributed by atoms with E-state index in [0.29, 0.717) is 28.8 Å². The molecule has 160 valence electrons. The van der Waals surface area contributed by atoms with Crippen molar-refractivity contribution in [3.63, 3.8) is 0 Å². The molecule has 1 unspecified atom stereocenters. The lowest BCUT2D eigenvalue weighted by Gasteiger charge is -2.13. The van der Waals surface area contributed by atoms with E-state index in [1.54, 1.807) is 13.0 Å². The fourth-order valence-corrected chi connectivity index (χ4v) is 4.31. The number of nitrogens with two attached hydrogens (primary N) is 1. The summed E-state index contributed by atoms with van der Waals surface area (Å²) in [5.74, 6) is -2.08. The van der Waals surface area contributed by atoms with Gasteiger partial charge in [0.2, 0.25) is 15.9 Å². The second-order valence-corrected chi connectivity index (χ2v) is 9.48. The molecule has 3 aromatic rings. The molecule has 1 amide bonds. The number of halogens is 2. The lowest BCUT2D eigenvalue weighted by Crippen LogP contribution is -2.23. The van der Waals surface area contributed by atoms with Crippen LogP contribution in [-0.4, -0.2) is 29.1 Å². The summed E-state index contributed by atoms with van der Waals surface area (Å²) in [6.07, 6.45) is 0.789. The Bertz CT molecular complexity index is 1210. The standard InChI is InChI=1S/C19H20F2N4O3S2/c1-3-8-25-17-7-5-13(30(22,27)28)10-16(17)24-19(25)29-11(2)18(26)23-15-6-4-12(20)9-14(15)21/h4-7,9-11H,3,8H2,1-2H3,(H,23,26)(H2,22,27,28). The highest BCUT2D eigenvalue weighted by Crippen LogP contribution is 2.29. The van der Waals surface area contributed by atoms with Gasteiger partial charge in [-0.3, -0.25) is 4.79 Å². The van der Waals surface area contributed by atoms with Gasteiger partial charge in [-0.25, -0.2) is 27.3 Å². The van der Waals surface area contributed by atoms with E-state index in [4.69, 9.17) is 5.14 Å². The van der Waals surface area contributed by atoms with Crippen molar-refractivity contribution in [2.45, 2.75) is 42.1 Å². The summed E-state index contributed by atoms with van der Waals surface area (Å²) < 4.78 is 52.0. The van der Waals surface area contributed by atoms with Gasteiger partial charge < -0.3 is 9.88 Å². The van der Waals surface area contributed by atoms with Gasteiger partial charge in [-0.2, -0.15) is 0 Å². The number of anilines is 1. The lowest BCUT2D eigenvalue weighted by molar-refractivity contribution is -0.115. The number of imidazole rings is 1. The van der Waals surface area contributed by atoms with E-state index < -0.39 is 32.8 Å². The van der Waals surface area contributed by atoms with Crippen LogP contribution in [0.2, 0.25) is 0 Å². The Kier molecular flexibility index (Phi) is 6.44. The third kappa shape index (κ3) is 4.79. The Hall–Kier alpha value is -2.50. The SMILES string of the molecule is CCCn1c(SC(C)C(=O)Nc2ccc(F)cc2F)nc2cc(S(N)(=O)=O)ccc21. The Morgan fingerprint density at radius 2 is 2.00 bits per heavy atom. The lowest BCUT2D eigenvalue weighted by atomic mass is 10.3. The van der Waals surface area contributed by atoms with Crippen molar-refractivity contribution < 1.29 is 22.0 Å². The number of nitrogens with one attached hydrogen (secondary N) is 1. The molecular weight excluding hydrogens is 434 g/mol. The van der Waals surface area contributed by atoms with E-state index in [1.165, 1.54) is 12.1 Å². The zero-order chi connectivity index (χ0) is 22.1. The largest absolute Gasteiger partial charge is 0.323 e. The molecule has 11 heteroatoms. The monoisotopic (exact) mass is 454 g/mol. The maximum atomic E-state index is 13.8. The van der Waals surface area contributed by atoms with E-state index in [0.717, 1.165) is 30.3 Å². The molecule has 0 saturated heterocycles. The molecule has 1 atom stereocenters. The van der Waals surface area contributed by atoms with Crippen LogP contribution in [0.25, 0.3) is 11.0 Å². The van der Waals surface area contributed by atoms with Crippen LogP contribution in [0.15, 0.2) is 46.5 Å². The van der Waals surface area contributed by atoms with Crippen LogP contribution in [0.5, 0.6) is 0 Å². The van der Waals surface area contributed by atoms with Crippen LogP contribution in [-0.2, 0) is 21.4 Å². The molecule has 3 N–H and O–H groups in total. The maximum Gasteiger partial charge on any atom is 0.238 e. The van der Waals surface area contributed by atoms with Gasteiger partial charge in [-0.1, -0.05) is 18.7 Å². The average Bonchev–Trinajstić information content (AvgIpc) is 3.00. The number of hydrogen-bond donors (Lipinski definition) is 2. The second-order valence-electron chi connectivity index (χ2n) is 6.62. The van der Waals surface area contributed by atoms with Crippen molar-refractivity contribution in [1.82, 2.24) is 9.55 Å². The summed E-state index contributed by atoms with van der Waals surface area (Å²) in [7, 11) is -3.87. The van der Waals surface area contributed by atoms with Crippen LogP contribution in [0.4, 0.5) is 14.5 Å². The number of carbonyl (C=O) groups is 1. The zero-order valence-corrected chi connectivity index (χ0v) is 17.9. The molecule has 0 radical (unpaired) electrons. The number of amides is 1. The summed E-state index contributed by atoms with van der Waals surface area (Å²) in [6, 6.07) is 7.33. The molecule has 7 nitrogen and oxygen atoms in total. The number of sulfonamides is 1. The van der Waals surface area contributed by atoms with E-state index in [9.17, 15) is 22.0 Å². The Labute approximate surface area is 176 Å². The number of benzene rings is 2. The predicted molar refractivity (Wildman–Crippen MR) is 112 cm³/mol. The minimum atomic E-state index is -3.87. The summed E-state index contributed by atoms with van der Waals surface area (Å²) in [5, 5.41) is 7.49. The van der Waals surface area contributed by atoms with Crippen molar-refractivity contribution in [2.24, 2.45) is 5.14 Å². The maximum absolute atomic E-state index is 13.8. The Morgan fingerprint density at radius 1 is 1.27 bits per heavy atom. The van der Waals surface area contributed by atoms with Crippen LogP contribution in [0.3, 0.4) is 0 Å². The van der Waals surface area contributed by atoms with E-state index in [-0.39, 0.29) is 10.6 Å². The molecule has 1 aromatic heterocycles. The van der Waals surface area contributed by atoms with E-state index in [2.05, 4.69) is 10.3 Å². The van der Waals surface area contributed by atoms with Gasteiger partial charge in [-0.05, 0) is 43.7 Å². The molecule has 0 aliphatic rings. The van der Waals surface area contributed by atoms with Crippen molar-refractivity contribution in [3.05, 3.63) is 48.0 Å². The summed E-state index contributed by atoms with van der Waals surface area (Å²) in [6.45, 7) is 4.22. The van der Waals surface area contributed by atoms with Gasteiger partial charge in [0.1, 0.15) is 11.6 Å². The first-order valence-corrected chi connectivity index (χ1v) is 11.5. The number of aromatic nitrogens is 2. The summed E-state index contributed by atoms with van der Waals surface area (Å²) in [5.41, 5.74) is 1.03. The number of thioether (sulfide) groups is 1. The van der Waals surface area contributed by atoms with Gasteiger partial charge in [0.25, 0.3) is 0 Å². The van der Waals surface area contributed by atoms with Gasteiger partial charge in [0.15, 0.2) is 5.16 Å². The highest BCUT2D eigenvalue weighted by Gasteiger charge is 2.21. The highest BCUT2D eigenvalue weighted by molar-refractivity contribution is 8.00. The van der Waals surface area contributed by atoms with Crippen molar-refractivity contribution >= 4 is 44.4 Å². The van der Waals surface area contributed by atoms with Crippen LogP contribution >= 0.6 is 11.8 Å². The number of carbonyl (C=O) groups excluding carboxylic acids is 1. The number of rotatable bonds is 7. The third-order valence-electron chi connectivity index (χ3n) is 4.30. The molecule has 0 spiro atoms. The minimum Gasteiger partial charge on any atom is -0.323 e. The third-order valence-corrected chi connectivity index (χ3v) is 6.30. The molecule has 0 saturated carbocycles. The molecule has 3 rings (SSSR count). The first kappa shape index (κ1) is 22.2. The van der Waals surface area contributed by atoms with E-state index >= 15 is 0 Å². The first-order valence-electron chi connectivity index (χ1n) is 9.05. The van der Waals surface area contributed by atoms with Crippen LogP contribution < -0.4 is 10.5 Å². The second kappa shape index (κ2) is 8.70. The minimum absolute atomic E-state index is 0.0507. The molecule has 0 aliphatic heterocycles. The van der Waals surface area contributed by atoms with Gasteiger partial charge in [-0.15, -0.1) is 0 Å².